The predicted octanol–water partition coefficient (Wildman–Crippen LogP) is 2.59. The van der Waals surface area contributed by atoms with Crippen LogP contribution in [0, 0.1) is 5.92 Å². The molecule has 0 atom stereocenters. The Hall–Kier alpha value is -0.940. The Balaban J connectivity index is 1.82. The van der Waals surface area contributed by atoms with E-state index in [4.69, 9.17) is 0 Å². The second-order valence-electron chi connectivity index (χ2n) is 5.18. The van der Waals surface area contributed by atoms with Crippen LogP contribution in [0.25, 0.3) is 0 Å². The van der Waals surface area contributed by atoms with Crippen LogP contribution < -0.4 is 10.6 Å². The fraction of sp³-hybridized carbons (Fsp3) is 0.692. The topological polar surface area (TPSA) is 54.0 Å². The second-order valence-corrected chi connectivity index (χ2v) is 6.04. The van der Waals surface area contributed by atoms with Gasteiger partial charge in [-0.25, -0.2) is 4.98 Å². The lowest BCUT2D eigenvalue weighted by atomic mass is 9.94. The van der Waals surface area contributed by atoms with Crippen molar-refractivity contribution in [1.82, 2.24) is 10.3 Å². The van der Waals surface area contributed by atoms with Crippen molar-refractivity contribution >= 4 is 22.4 Å². The number of aromatic nitrogens is 1. The van der Waals surface area contributed by atoms with E-state index in [2.05, 4.69) is 29.5 Å². The molecule has 1 saturated heterocycles. The molecule has 2 rings (SSSR count). The van der Waals surface area contributed by atoms with Gasteiger partial charge in [0.05, 0.1) is 5.69 Å². The van der Waals surface area contributed by atoms with Crippen molar-refractivity contribution in [1.29, 1.82) is 0 Å². The zero-order valence-corrected chi connectivity index (χ0v) is 11.8. The molecule has 0 spiro atoms. The maximum atomic E-state index is 11.9. The molecule has 0 radical (unpaired) electrons. The average Bonchev–Trinajstić information content (AvgIpc) is 2.78. The Morgan fingerprint density at radius 3 is 2.89 bits per heavy atom. The summed E-state index contributed by atoms with van der Waals surface area (Å²) in [5, 5.41) is 8.98. The van der Waals surface area contributed by atoms with E-state index in [1.54, 1.807) is 0 Å². The lowest BCUT2D eigenvalue weighted by Gasteiger charge is -2.21. The van der Waals surface area contributed by atoms with Crippen LogP contribution in [0.15, 0.2) is 5.38 Å². The van der Waals surface area contributed by atoms with Gasteiger partial charge in [-0.05, 0) is 37.8 Å². The summed E-state index contributed by atoms with van der Waals surface area (Å²) in [4.78, 5) is 16.3. The molecule has 0 aliphatic carbocycles. The third-order valence-electron chi connectivity index (χ3n) is 3.29. The molecule has 0 aromatic carbocycles. The minimum absolute atomic E-state index is 0.103. The molecule has 5 heteroatoms. The normalized spacial score (nSPS) is 17.1. The van der Waals surface area contributed by atoms with Crippen molar-refractivity contribution in [3.05, 3.63) is 11.1 Å². The highest BCUT2D eigenvalue weighted by atomic mass is 32.1. The quantitative estimate of drug-likeness (QED) is 0.881. The van der Waals surface area contributed by atoms with E-state index in [0.717, 1.165) is 36.8 Å². The third kappa shape index (κ3) is 3.78. The van der Waals surface area contributed by atoms with Gasteiger partial charge in [-0.3, -0.25) is 4.79 Å². The van der Waals surface area contributed by atoms with E-state index in [1.165, 1.54) is 11.3 Å². The minimum Gasteiger partial charge on any atom is -0.317 e. The van der Waals surface area contributed by atoms with Crippen molar-refractivity contribution in [3.63, 3.8) is 0 Å². The lowest BCUT2D eigenvalue weighted by molar-refractivity contribution is -0.117. The van der Waals surface area contributed by atoms with Crippen molar-refractivity contribution in [2.45, 2.75) is 39.0 Å². The van der Waals surface area contributed by atoms with E-state index >= 15 is 0 Å². The minimum atomic E-state index is 0.103. The Labute approximate surface area is 112 Å². The number of anilines is 1. The Morgan fingerprint density at radius 2 is 2.28 bits per heavy atom. The molecule has 1 aliphatic rings. The van der Waals surface area contributed by atoms with E-state index in [-0.39, 0.29) is 5.91 Å². The Kier molecular flexibility index (Phi) is 4.72. The molecule has 0 saturated carbocycles. The lowest BCUT2D eigenvalue weighted by Crippen LogP contribution is -2.30. The highest BCUT2D eigenvalue weighted by Gasteiger charge is 2.17. The molecule has 1 amide bonds. The number of hydrogen-bond donors (Lipinski definition) is 2. The average molecular weight is 267 g/mol. The van der Waals surface area contributed by atoms with E-state index in [1.807, 2.05) is 5.38 Å². The molecule has 1 aliphatic heterocycles. The molecule has 0 bridgehead atoms. The molecule has 1 aromatic rings. The first kappa shape index (κ1) is 13.5. The predicted molar refractivity (Wildman–Crippen MR) is 75.0 cm³/mol. The van der Waals surface area contributed by atoms with Gasteiger partial charge in [0.15, 0.2) is 5.13 Å². The number of amides is 1. The van der Waals surface area contributed by atoms with Crippen LogP contribution in [0.4, 0.5) is 5.13 Å². The zero-order chi connectivity index (χ0) is 13.0. The molecule has 1 fully saturated rings. The molecule has 0 unspecified atom stereocenters. The summed E-state index contributed by atoms with van der Waals surface area (Å²) in [6.07, 6.45) is 2.82. The number of carbonyl (C=O) groups is 1. The molecule has 2 heterocycles. The summed E-state index contributed by atoms with van der Waals surface area (Å²) in [6.45, 7) is 6.28. The number of thiazole rings is 1. The van der Waals surface area contributed by atoms with Crippen LogP contribution in [0.3, 0.4) is 0 Å². The van der Waals surface area contributed by atoms with Gasteiger partial charge in [0.1, 0.15) is 0 Å². The summed E-state index contributed by atoms with van der Waals surface area (Å²) in [7, 11) is 0. The highest BCUT2D eigenvalue weighted by Crippen LogP contribution is 2.22. The van der Waals surface area contributed by atoms with E-state index < -0.39 is 0 Å². The number of piperidine rings is 1. The van der Waals surface area contributed by atoms with Gasteiger partial charge >= 0.3 is 0 Å². The summed E-state index contributed by atoms with van der Waals surface area (Å²) in [5.41, 5.74) is 1.05. The Bertz CT molecular complexity index is 397. The van der Waals surface area contributed by atoms with E-state index in [0.29, 0.717) is 18.3 Å². The molecular formula is C13H21N3OS. The van der Waals surface area contributed by atoms with Crippen LogP contribution in [0.2, 0.25) is 0 Å². The van der Waals surface area contributed by atoms with Gasteiger partial charge in [0.25, 0.3) is 0 Å². The van der Waals surface area contributed by atoms with Gasteiger partial charge in [-0.2, -0.15) is 0 Å². The molecule has 1 aromatic heterocycles. The fourth-order valence-electron chi connectivity index (χ4n) is 2.13. The summed E-state index contributed by atoms with van der Waals surface area (Å²) < 4.78 is 0. The monoisotopic (exact) mass is 267 g/mol. The van der Waals surface area contributed by atoms with Crippen LogP contribution in [0.5, 0.6) is 0 Å². The summed E-state index contributed by atoms with van der Waals surface area (Å²) in [5.74, 6) is 1.04. The molecular weight excluding hydrogens is 246 g/mol. The fourth-order valence-corrected chi connectivity index (χ4v) is 3.02. The van der Waals surface area contributed by atoms with Crippen LogP contribution in [-0.2, 0) is 4.79 Å². The second kappa shape index (κ2) is 6.29. The SMILES string of the molecule is CC(C)c1csc(NC(=O)CC2CCNCC2)n1. The van der Waals surface area contributed by atoms with Crippen LogP contribution in [-0.4, -0.2) is 24.0 Å². The summed E-state index contributed by atoms with van der Waals surface area (Å²) >= 11 is 1.51. The van der Waals surface area contributed by atoms with Crippen LogP contribution in [0.1, 0.15) is 44.7 Å². The largest absolute Gasteiger partial charge is 0.317 e. The van der Waals surface area contributed by atoms with Crippen molar-refractivity contribution in [2.24, 2.45) is 5.92 Å². The third-order valence-corrected chi connectivity index (χ3v) is 4.07. The zero-order valence-electron chi connectivity index (χ0n) is 11.0. The first-order valence-electron chi connectivity index (χ1n) is 6.61. The first-order chi connectivity index (χ1) is 8.65. The van der Waals surface area contributed by atoms with Crippen molar-refractivity contribution < 1.29 is 4.79 Å². The van der Waals surface area contributed by atoms with Gasteiger partial charge in [-0.15, -0.1) is 11.3 Å². The first-order valence-corrected chi connectivity index (χ1v) is 7.49. The van der Waals surface area contributed by atoms with Gasteiger partial charge < -0.3 is 10.6 Å². The number of nitrogens with zero attached hydrogens (tertiary/aromatic N) is 1. The smallest absolute Gasteiger partial charge is 0.226 e. The van der Waals surface area contributed by atoms with Crippen molar-refractivity contribution in [2.75, 3.05) is 18.4 Å². The van der Waals surface area contributed by atoms with Crippen LogP contribution >= 0.6 is 11.3 Å². The highest BCUT2D eigenvalue weighted by molar-refractivity contribution is 7.13. The number of rotatable bonds is 4. The maximum absolute atomic E-state index is 11.9. The number of carbonyl (C=O) groups excluding carboxylic acids is 1. The molecule has 2 N–H and O–H groups in total. The number of hydrogen-bond acceptors (Lipinski definition) is 4. The van der Waals surface area contributed by atoms with E-state index in [9.17, 15) is 4.79 Å². The standard InChI is InChI=1S/C13H21N3OS/c1-9(2)11-8-18-13(15-11)16-12(17)7-10-3-5-14-6-4-10/h8-10,14H,3-7H2,1-2H3,(H,15,16,17). The Morgan fingerprint density at radius 1 is 1.56 bits per heavy atom. The van der Waals surface area contributed by atoms with Gasteiger partial charge in [0.2, 0.25) is 5.91 Å². The molecule has 100 valence electrons. The number of nitrogens with one attached hydrogen (secondary N) is 2. The van der Waals surface area contributed by atoms with Gasteiger partial charge in [-0.1, -0.05) is 13.8 Å². The maximum Gasteiger partial charge on any atom is 0.226 e. The van der Waals surface area contributed by atoms with Crippen molar-refractivity contribution in [3.8, 4) is 0 Å². The summed E-state index contributed by atoms with van der Waals surface area (Å²) in [6, 6.07) is 0. The molecule has 4 nitrogen and oxygen atoms in total. The molecule has 18 heavy (non-hydrogen) atoms. The van der Waals surface area contributed by atoms with Gasteiger partial charge in [0, 0.05) is 11.8 Å².